The Morgan fingerprint density at radius 1 is 1.00 bits per heavy atom. The van der Waals surface area contributed by atoms with Gasteiger partial charge in [-0.3, -0.25) is 4.79 Å². The number of sulfonamides is 1. The lowest BCUT2D eigenvalue weighted by atomic mass is 10.1. The van der Waals surface area contributed by atoms with Crippen LogP contribution in [0.2, 0.25) is 0 Å². The Morgan fingerprint density at radius 2 is 1.58 bits per heavy atom. The van der Waals surface area contributed by atoms with Crippen LogP contribution < -0.4 is 0 Å². The zero-order chi connectivity index (χ0) is 17.2. The fourth-order valence-electron chi connectivity index (χ4n) is 2.90. The van der Waals surface area contributed by atoms with Crippen molar-refractivity contribution in [3.63, 3.8) is 0 Å². The molecule has 5 nitrogen and oxygen atoms in total. The molecular formula is C17H17ClN2O3S. The molecule has 0 radical (unpaired) electrons. The highest BCUT2D eigenvalue weighted by Crippen LogP contribution is 2.34. The Kier molecular flexibility index (Phi) is 4.89. The third-order valence-corrected chi connectivity index (χ3v) is 6.11. The lowest BCUT2D eigenvalue weighted by Crippen LogP contribution is -2.38. The molecule has 0 N–H and O–H groups in total. The molecule has 24 heavy (non-hydrogen) atoms. The summed E-state index contributed by atoms with van der Waals surface area (Å²) < 4.78 is 27.4. The fourth-order valence-corrected chi connectivity index (χ4v) is 4.64. The lowest BCUT2D eigenvalue weighted by molar-refractivity contribution is -0.130. The normalized spacial score (nSPS) is 18.7. The summed E-state index contributed by atoms with van der Waals surface area (Å²) in [7, 11) is -3.71. The van der Waals surface area contributed by atoms with Gasteiger partial charge in [0.05, 0.1) is 4.90 Å². The van der Waals surface area contributed by atoms with Gasteiger partial charge in [0, 0.05) is 13.1 Å². The van der Waals surface area contributed by atoms with Crippen molar-refractivity contribution in [3.8, 4) is 0 Å². The molecule has 2 aromatic carbocycles. The van der Waals surface area contributed by atoms with Crippen molar-refractivity contribution in [2.45, 2.75) is 11.1 Å². The molecule has 0 spiro atoms. The Balaban J connectivity index is 2.05. The standard InChI is InChI=1S/C17H17ClN2O3S/c18-13-16(21)19-11-12-20(17(19)14-7-3-1-4-8-14)24(22,23)15-9-5-2-6-10-15/h1-10,17H,11-13H2/t17-/m1/s1. The molecule has 1 heterocycles. The van der Waals surface area contributed by atoms with Gasteiger partial charge in [-0.05, 0) is 17.7 Å². The van der Waals surface area contributed by atoms with E-state index < -0.39 is 16.2 Å². The van der Waals surface area contributed by atoms with E-state index in [1.165, 1.54) is 9.21 Å². The van der Waals surface area contributed by atoms with E-state index in [-0.39, 0.29) is 23.2 Å². The fraction of sp³-hybridized carbons (Fsp3) is 0.235. The number of nitrogens with zero attached hydrogens (tertiary/aromatic N) is 2. The maximum absolute atomic E-state index is 13.0. The van der Waals surface area contributed by atoms with E-state index in [0.717, 1.165) is 5.56 Å². The number of amides is 1. The summed E-state index contributed by atoms with van der Waals surface area (Å²) in [6.07, 6.45) is -0.678. The largest absolute Gasteiger partial charge is 0.319 e. The highest BCUT2D eigenvalue weighted by atomic mass is 35.5. The van der Waals surface area contributed by atoms with Crippen molar-refractivity contribution in [1.82, 2.24) is 9.21 Å². The predicted molar refractivity (Wildman–Crippen MR) is 91.9 cm³/mol. The summed E-state index contributed by atoms with van der Waals surface area (Å²) in [6.45, 7) is 0.552. The third-order valence-electron chi connectivity index (χ3n) is 4.01. The minimum absolute atomic E-state index is 0.178. The van der Waals surface area contributed by atoms with Gasteiger partial charge in [0.1, 0.15) is 12.0 Å². The smallest absolute Gasteiger partial charge is 0.245 e. The topological polar surface area (TPSA) is 57.7 Å². The zero-order valence-corrected chi connectivity index (χ0v) is 14.4. The minimum Gasteiger partial charge on any atom is -0.319 e. The average molecular weight is 365 g/mol. The first-order valence-electron chi connectivity index (χ1n) is 7.53. The molecule has 2 aromatic rings. The third kappa shape index (κ3) is 3.05. The van der Waals surface area contributed by atoms with Crippen LogP contribution in [0.25, 0.3) is 0 Å². The minimum atomic E-state index is -3.71. The number of carbonyl (C=O) groups is 1. The van der Waals surface area contributed by atoms with Gasteiger partial charge < -0.3 is 4.90 Å². The Bertz CT molecular complexity index is 812. The number of hydrogen-bond acceptors (Lipinski definition) is 3. The summed E-state index contributed by atoms with van der Waals surface area (Å²) in [4.78, 5) is 13.9. The molecule has 1 aliphatic heterocycles. The van der Waals surface area contributed by atoms with E-state index >= 15 is 0 Å². The number of carbonyl (C=O) groups excluding carboxylic acids is 1. The SMILES string of the molecule is O=C(CCl)N1CCN(S(=O)(=O)c2ccccc2)[C@@H]1c1ccccc1. The maximum Gasteiger partial charge on any atom is 0.245 e. The van der Waals surface area contributed by atoms with Crippen LogP contribution in [-0.4, -0.2) is 42.5 Å². The number of benzene rings is 2. The monoisotopic (exact) mass is 364 g/mol. The molecule has 0 saturated carbocycles. The lowest BCUT2D eigenvalue weighted by Gasteiger charge is -2.29. The molecule has 1 saturated heterocycles. The molecule has 7 heteroatoms. The van der Waals surface area contributed by atoms with Crippen LogP contribution in [0.15, 0.2) is 65.6 Å². The van der Waals surface area contributed by atoms with Crippen LogP contribution in [0, 0.1) is 0 Å². The first-order valence-corrected chi connectivity index (χ1v) is 9.50. The number of halogens is 1. The highest BCUT2D eigenvalue weighted by Gasteiger charge is 2.42. The summed E-state index contributed by atoms with van der Waals surface area (Å²) in [5.74, 6) is -0.459. The molecule has 0 aliphatic carbocycles. The molecule has 3 rings (SSSR count). The van der Waals surface area contributed by atoms with Crippen LogP contribution in [0.5, 0.6) is 0 Å². The summed E-state index contributed by atoms with van der Waals surface area (Å²) >= 11 is 5.70. The van der Waals surface area contributed by atoms with Gasteiger partial charge in [-0.15, -0.1) is 11.6 Å². The summed E-state index contributed by atoms with van der Waals surface area (Å²) in [5.41, 5.74) is 0.743. The second kappa shape index (κ2) is 6.93. The second-order valence-electron chi connectivity index (χ2n) is 5.43. The molecule has 0 bridgehead atoms. The van der Waals surface area contributed by atoms with Gasteiger partial charge in [-0.25, -0.2) is 8.42 Å². The number of alkyl halides is 1. The van der Waals surface area contributed by atoms with Gasteiger partial charge in [0.25, 0.3) is 0 Å². The molecule has 126 valence electrons. The van der Waals surface area contributed by atoms with Crippen LogP contribution in [-0.2, 0) is 14.8 Å². The van der Waals surface area contributed by atoms with Gasteiger partial charge in [-0.1, -0.05) is 48.5 Å². The van der Waals surface area contributed by atoms with Crippen LogP contribution >= 0.6 is 11.6 Å². The van der Waals surface area contributed by atoms with Crippen molar-refractivity contribution < 1.29 is 13.2 Å². The van der Waals surface area contributed by atoms with E-state index in [1.54, 1.807) is 30.3 Å². The highest BCUT2D eigenvalue weighted by molar-refractivity contribution is 7.89. The van der Waals surface area contributed by atoms with Crippen molar-refractivity contribution in [2.24, 2.45) is 0 Å². The van der Waals surface area contributed by atoms with Crippen LogP contribution in [0.3, 0.4) is 0 Å². The summed E-state index contributed by atoms with van der Waals surface area (Å²) in [6, 6.07) is 17.4. The van der Waals surface area contributed by atoms with Gasteiger partial charge in [-0.2, -0.15) is 4.31 Å². The molecule has 0 unspecified atom stereocenters. The first-order chi connectivity index (χ1) is 11.6. The molecule has 1 amide bonds. The molecular weight excluding hydrogens is 348 g/mol. The quantitative estimate of drug-likeness (QED) is 0.783. The number of rotatable bonds is 4. The molecule has 1 fully saturated rings. The Labute approximate surface area is 146 Å². The van der Waals surface area contributed by atoms with Gasteiger partial charge in [0.15, 0.2) is 0 Å². The molecule has 1 atom stereocenters. The van der Waals surface area contributed by atoms with E-state index in [9.17, 15) is 13.2 Å². The van der Waals surface area contributed by atoms with E-state index in [1.807, 2.05) is 30.3 Å². The summed E-state index contributed by atoms with van der Waals surface area (Å²) in [5, 5.41) is 0. The van der Waals surface area contributed by atoms with Gasteiger partial charge >= 0.3 is 0 Å². The maximum atomic E-state index is 13.0. The van der Waals surface area contributed by atoms with Crippen molar-refractivity contribution >= 4 is 27.5 Å². The predicted octanol–water partition coefficient (Wildman–Crippen LogP) is 2.46. The number of hydrogen-bond donors (Lipinski definition) is 0. The second-order valence-corrected chi connectivity index (χ2v) is 7.59. The first kappa shape index (κ1) is 17.0. The van der Waals surface area contributed by atoms with E-state index in [2.05, 4.69) is 0 Å². The Morgan fingerprint density at radius 3 is 2.17 bits per heavy atom. The average Bonchev–Trinajstić information content (AvgIpc) is 3.08. The molecule has 0 aromatic heterocycles. The van der Waals surface area contributed by atoms with Crippen LogP contribution in [0.1, 0.15) is 11.7 Å². The van der Waals surface area contributed by atoms with Gasteiger partial charge in [0.2, 0.25) is 15.9 Å². The Hall–Kier alpha value is -1.89. The van der Waals surface area contributed by atoms with Crippen LogP contribution in [0.4, 0.5) is 0 Å². The van der Waals surface area contributed by atoms with Crippen molar-refractivity contribution in [2.75, 3.05) is 19.0 Å². The van der Waals surface area contributed by atoms with Crippen molar-refractivity contribution in [3.05, 3.63) is 66.2 Å². The zero-order valence-electron chi connectivity index (χ0n) is 12.9. The van der Waals surface area contributed by atoms with E-state index in [0.29, 0.717) is 6.54 Å². The molecule has 1 aliphatic rings. The van der Waals surface area contributed by atoms with E-state index in [4.69, 9.17) is 11.6 Å². The van der Waals surface area contributed by atoms with Crippen molar-refractivity contribution in [1.29, 1.82) is 0 Å².